The number of carboxylic acid groups (broad SMARTS) is 2. The highest BCUT2D eigenvalue weighted by molar-refractivity contribution is 7.90. The maximum atomic E-state index is 11.7. The summed E-state index contributed by atoms with van der Waals surface area (Å²) < 4.78 is 32.2. The summed E-state index contributed by atoms with van der Waals surface area (Å²) in [6.45, 7) is -0.687. The molecule has 0 aliphatic heterocycles. The monoisotopic (exact) mass is 443 g/mol. The lowest BCUT2D eigenvalue weighted by Crippen LogP contribution is -2.46. The number of hydrogen-bond donors (Lipinski definition) is 3. The molecule has 0 aliphatic carbocycles. The molecule has 3 N–H and O–H groups in total. The van der Waals surface area contributed by atoms with Gasteiger partial charge in [0, 0.05) is 6.26 Å². The van der Waals surface area contributed by atoms with Crippen LogP contribution in [0.25, 0.3) is 0 Å². The fourth-order valence-corrected chi connectivity index (χ4v) is 2.76. The van der Waals surface area contributed by atoms with E-state index >= 15 is 0 Å². The third-order valence-corrected chi connectivity index (χ3v) is 4.67. The molecular weight excluding hydrogens is 429 g/mol. The van der Waals surface area contributed by atoms with Gasteiger partial charge in [0.1, 0.15) is 12.6 Å². The number of amides is 1. The first-order valence-corrected chi connectivity index (χ1v) is 9.82. The van der Waals surface area contributed by atoms with Crippen LogP contribution in [0.2, 0.25) is 0 Å². The van der Waals surface area contributed by atoms with E-state index in [9.17, 15) is 22.8 Å². The molecule has 0 radical (unpaired) electrons. The SMILES string of the molecule is CS(=O)(=O)c1ccc([C@@H](OC(=O)O)[C@@H](COC(=O)O)NC(=O)C(Cl)Cl)cc1. The zero-order chi connectivity index (χ0) is 20.8. The molecule has 1 aromatic carbocycles. The highest BCUT2D eigenvalue weighted by Crippen LogP contribution is 2.24. The molecule has 0 heterocycles. The predicted molar refractivity (Wildman–Crippen MR) is 92.8 cm³/mol. The number of nitrogens with one attached hydrogen (secondary N) is 1. The number of alkyl halides is 2. The average molecular weight is 444 g/mol. The first-order valence-electron chi connectivity index (χ1n) is 7.05. The van der Waals surface area contributed by atoms with Crippen molar-refractivity contribution < 1.29 is 42.5 Å². The Kier molecular flexibility index (Phi) is 8.13. The van der Waals surface area contributed by atoms with Gasteiger partial charge in [0.25, 0.3) is 5.91 Å². The molecule has 10 nitrogen and oxygen atoms in total. The third-order valence-electron chi connectivity index (χ3n) is 3.14. The zero-order valence-corrected chi connectivity index (χ0v) is 16.0. The van der Waals surface area contributed by atoms with Gasteiger partial charge in [0.05, 0.1) is 4.90 Å². The van der Waals surface area contributed by atoms with E-state index in [1.165, 1.54) is 24.3 Å². The van der Waals surface area contributed by atoms with Crippen LogP contribution in [0.15, 0.2) is 29.2 Å². The highest BCUT2D eigenvalue weighted by atomic mass is 35.5. The molecule has 150 valence electrons. The Labute approximate surface area is 163 Å². The summed E-state index contributed by atoms with van der Waals surface area (Å²) in [5.41, 5.74) is 0.129. The average Bonchev–Trinajstić information content (AvgIpc) is 2.55. The van der Waals surface area contributed by atoms with Crippen molar-refractivity contribution in [1.29, 1.82) is 0 Å². The Morgan fingerprint density at radius 2 is 1.67 bits per heavy atom. The van der Waals surface area contributed by atoms with Crippen molar-refractivity contribution in [2.75, 3.05) is 12.9 Å². The minimum Gasteiger partial charge on any atom is -0.450 e. The third kappa shape index (κ3) is 7.49. The van der Waals surface area contributed by atoms with Gasteiger partial charge in [-0.1, -0.05) is 35.3 Å². The quantitative estimate of drug-likeness (QED) is 0.402. The van der Waals surface area contributed by atoms with Crippen LogP contribution in [0.1, 0.15) is 11.7 Å². The molecular formula is C14H15Cl2NO9S. The van der Waals surface area contributed by atoms with Crippen molar-refractivity contribution in [1.82, 2.24) is 5.32 Å². The van der Waals surface area contributed by atoms with Crippen LogP contribution < -0.4 is 5.32 Å². The Morgan fingerprint density at radius 1 is 1.11 bits per heavy atom. The smallest absolute Gasteiger partial charge is 0.450 e. The van der Waals surface area contributed by atoms with Gasteiger partial charge in [0.2, 0.25) is 0 Å². The number of carbonyl (C=O) groups is 3. The lowest BCUT2D eigenvalue weighted by molar-refractivity contribution is -0.121. The number of rotatable bonds is 8. The standard InChI is InChI=1S/C14H15Cl2NO9S/c1-27(23,24)8-4-2-7(3-5-8)10(26-14(21)22)9(6-25-13(19)20)17-12(18)11(15)16/h2-5,9-11H,6H2,1H3,(H,17,18)(H,19,20)(H,21,22)/t9-,10-/m1/s1. The van der Waals surface area contributed by atoms with Crippen LogP contribution in [-0.4, -0.2) is 60.6 Å². The normalized spacial score (nSPS) is 13.5. The number of benzene rings is 1. The first-order chi connectivity index (χ1) is 12.4. The summed E-state index contributed by atoms with van der Waals surface area (Å²) in [6.07, 6.45) is -3.86. The van der Waals surface area contributed by atoms with Gasteiger partial charge >= 0.3 is 12.3 Å². The summed E-state index contributed by atoms with van der Waals surface area (Å²) in [5, 5.41) is 19.8. The Hall–Kier alpha value is -2.24. The lowest BCUT2D eigenvalue weighted by Gasteiger charge is -2.27. The van der Waals surface area contributed by atoms with Crippen LogP contribution in [-0.2, 0) is 24.1 Å². The van der Waals surface area contributed by atoms with Crippen LogP contribution in [0.4, 0.5) is 9.59 Å². The molecule has 0 aromatic heterocycles. The largest absolute Gasteiger partial charge is 0.506 e. The summed E-state index contributed by atoms with van der Waals surface area (Å²) in [6, 6.07) is 3.58. The van der Waals surface area contributed by atoms with E-state index in [0.29, 0.717) is 0 Å². The summed E-state index contributed by atoms with van der Waals surface area (Å²) in [7, 11) is -3.50. The van der Waals surface area contributed by atoms with Crippen LogP contribution in [0, 0.1) is 0 Å². The molecule has 0 saturated heterocycles. The van der Waals surface area contributed by atoms with E-state index in [-0.39, 0.29) is 10.5 Å². The van der Waals surface area contributed by atoms with Crippen molar-refractivity contribution in [3.8, 4) is 0 Å². The zero-order valence-electron chi connectivity index (χ0n) is 13.7. The van der Waals surface area contributed by atoms with Gasteiger partial charge < -0.3 is 25.0 Å². The number of carbonyl (C=O) groups excluding carboxylic acids is 1. The number of sulfone groups is 1. The van der Waals surface area contributed by atoms with Gasteiger partial charge in [-0.3, -0.25) is 4.79 Å². The summed E-state index contributed by atoms with van der Waals surface area (Å²) >= 11 is 10.9. The molecule has 0 unspecified atom stereocenters. The minimum absolute atomic E-state index is 0.0377. The maximum Gasteiger partial charge on any atom is 0.506 e. The summed E-state index contributed by atoms with van der Waals surface area (Å²) in [5.74, 6) is -0.941. The first kappa shape index (κ1) is 22.8. The molecule has 0 fully saturated rings. The van der Waals surface area contributed by atoms with E-state index in [4.69, 9.17) is 38.2 Å². The maximum absolute atomic E-state index is 11.7. The van der Waals surface area contributed by atoms with Crippen LogP contribution in [0.3, 0.4) is 0 Å². The van der Waals surface area contributed by atoms with E-state index in [0.717, 1.165) is 6.26 Å². The Morgan fingerprint density at radius 3 is 2.07 bits per heavy atom. The molecule has 27 heavy (non-hydrogen) atoms. The summed E-state index contributed by atoms with van der Waals surface area (Å²) in [4.78, 5) is 31.9. The van der Waals surface area contributed by atoms with E-state index < -0.39 is 51.6 Å². The molecule has 1 aromatic rings. The van der Waals surface area contributed by atoms with Crippen LogP contribution in [0.5, 0.6) is 0 Å². The minimum atomic E-state index is -3.50. The van der Waals surface area contributed by atoms with Crippen molar-refractivity contribution in [2.45, 2.75) is 21.9 Å². The molecule has 0 saturated carbocycles. The molecule has 0 spiro atoms. The second kappa shape index (κ2) is 9.62. The van der Waals surface area contributed by atoms with Gasteiger partial charge in [-0.05, 0) is 17.7 Å². The molecule has 1 amide bonds. The molecule has 0 aliphatic rings. The van der Waals surface area contributed by atoms with Gasteiger partial charge in [-0.25, -0.2) is 18.0 Å². The molecule has 1 rings (SSSR count). The van der Waals surface area contributed by atoms with Gasteiger partial charge in [-0.2, -0.15) is 0 Å². The number of ether oxygens (including phenoxy) is 2. The fourth-order valence-electron chi connectivity index (χ4n) is 2.01. The highest BCUT2D eigenvalue weighted by Gasteiger charge is 2.31. The molecule has 13 heteroatoms. The second-order valence-electron chi connectivity index (χ2n) is 5.14. The van der Waals surface area contributed by atoms with E-state index in [1.54, 1.807) is 0 Å². The Bertz CT molecular complexity index is 795. The van der Waals surface area contributed by atoms with Crippen LogP contribution >= 0.6 is 23.2 Å². The van der Waals surface area contributed by atoms with E-state index in [1.807, 2.05) is 0 Å². The topological polar surface area (TPSA) is 156 Å². The molecule has 0 bridgehead atoms. The van der Waals surface area contributed by atoms with Gasteiger partial charge in [0.15, 0.2) is 20.8 Å². The number of hydrogen-bond acceptors (Lipinski definition) is 7. The van der Waals surface area contributed by atoms with E-state index in [2.05, 4.69) is 10.1 Å². The van der Waals surface area contributed by atoms with Gasteiger partial charge in [-0.15, -0.1) is 0 Å². The van der Waals surface area contributed by atoms with Crippen molar-refractivity contribution in [3.05, 3.63) is 29.8 Å². The van der Waals surface area contributed by atoms with Crippen molar-refractivity contribution in [3.63, 3.8) is 0 Å². The molecule has 2 atom stereocenters. The Balaban J connectivity index is 3.25. The number of halogens is 2. The van der Waals surface area contributed by atoms with Crippen molar-refractivity contribution in [2.24, 2.45) is 0 Å². The predicted octanol–water partition coefficient (Wildman–Crippen LogP) is 1.81. The van der Waals surface area contributed by atoms with Crippen molar-refractivity contribution >= 4 is 51.3 Å². The second-order valence-corrected chi connectivity index (χ2v) is 8.25. The fraction of sp³-hybridized carbons (Fsp3) is 0.357. The lowest BCUT2D eigenvalue weighted by atomic mass is 10.0.